The number of carbonyl (C=O) groups is 2. The highest BCUT2D eigenvalue weighted by molar-refractivity contribution is 7.00. The van der Waals surface area contributed by atoms with Crippen molar-refractivity contribution in [2.75, 3.05) is 6.79 Å². The fourth-order valence-electron chi connectivity index (χ4n) is 2.90. The van der Waals surface area contributed by atoms with Gasteiger partial charge in [-0.15, -0.1) is 0 Å². The average Bonchev–Trinajstić information content (AvgIpc) is 3.31. The van der Waals surface area contributed by atoms with Crippen LogP contribution < -0.4 is 9.47 Å². The third kappa shape index (κ3) is 2.11. The standard InChI is InChI=1S/C17H8N2O5S/c20-16-14(8-1-3-10-11(5-8)19-25-18-10)15(17(21)24-16)9-2-4-12-13(6-9)23-7-22-12/h1-6H,7H2. The molecule has 0 unspecified atom stereocenters. The molecule has 0 saturated heterocycles. The second-order valence-electron chi connectivity index (χ2n) is 5.46. The summed E-state index contributed by atoms with van der Waals surface area (Å²) in [6.07, 6.45) is 0. The molecule has 0 spiro atoms. The molecular weight excluding hydrogens is 344 g/mol. The molecule has 122 valence electrons. The number of ether oxygens (including phenoxy) is 3. The fraction of sp³-hybridized carbons (Fsp3) is 0.0588. The van der Waals surface area contributed by atoms with E-state index in [1.165, 1.54) is 0 Å². The molecule has 2 aliphatic heterocycles. The molecule has 2 aromatic carbocycles. The van der Waals surface area contributed by atoms with Crippen LogP contribution in [0.3, 0.4) is 0 Å². The lowest BCUT2D eigenvalue weighted by molar-refractivity contribution is -0.149. The van der Waals surface area contributed by atoms with Gasteiger partial charge in [0.1, 0.15) is 11.0 Å². The predicted octanol–water partition coefficient (Wildman–Crippen LogP) is 2.41. The maximum absolute atomic E-state index is 12.3. The van der Waals surface area contributed by atoms with Crippen LogP contribution in [0.1, 0.15) is 11.1 Å². The van der Waals surface area contributed by atoms with Crippen LogP contribution in [-0.2, 0) is 14.3 Å². The number of nitrogens with zero attached hydrogens (tertiary/aromatic N) is 2. The van der Waals surface area contributed by atoms with Crippen molar-refractivity contribution >= 4 is 45.8 Å². The molecule has 3 heterocycles. The summed E-state index contributed by atoms with van der Waals surface area (Å²) < 4.78 is 23.8. The molecule has 0 radical (unpaired) electrons. The van der Waals surface area contributed by atoms with Crippen LogP contribution in [-0.4, -0.2) is 27.5 Å². The van der Waals surface area contributed by atoms with Crippen molar-refractivity contribution in [1.29, 1.82) is 0 Å². The van der Waals surface area contributed by atoms with Crippen molar-refractivity contribution in [2.24, 2.45) is 0 Å². The van der Waals surface area contributed by atoms with Gasteiger partial charge in [-0.2, -0.15) is 8.75 Å². The Morgan fingerprint density at radius 3 is 2.32 bits per heavy atom. The van der Waals surface area contributed by atoms with Gasteiger partial charge >= 0.3 is 11.9 Å². The highest BCUT2D eigenvalue weighted by atomic mass is 32.1. The minimum absolute atomic E-state index is 0.127. The number of hydrogen-bond donors (Lipinski definition) is 0. The van der Waals surface area contributed by atoms with E-state index >= 15 is 0 Å². The zero-order chi connectivity index (χ0) is 17.0. The van der Waals surface area contributed by atoms with Gasteiger partial charge in [-0.25, -0.2) is 9.59 Å². The van der Waals surface area contributed by atoms with E-state index in [4.69, 9.17) is 14.2 Å². The number of fused-ring (bicyclic) bond motifs is 2. The van der Waals surface area contributed by atoms with E-state index in [1.807, 2.05) is 0 Å². The van der Waals surface area contributed by atoms with E-state index in [-0.39, 0.29) is 17.9 Å². The summed E-state index contributed by atoms with van der Waals surface area (Å²) in [5, 5.41) is 0. The molecule has 5 rings (SSSR count). The number of hydrogen-bond acceptors (Lipinski definition) is 8. The molecule has 0 N–H and O–H groups in total. The lowest BCUT2D eigenvalue weighted by Gasteiger charge is -2.04. The van der Waals surface area contributed by atoms with Gasteiger partial charge in [-0.1, -0.05) is 12.1 Å². The normalized spacial score (nSPS) is 16.0. The lowest BCUT2D eigenvalue weighted by atomic mass is 9.96. The number of cyclic esters (lactones) is 2. The van der Waals surface area contributed by atoms with Crippen molar-refractivity contribution in [2.45, 2.75) is 0 Å². The Kier molecular flexibility index (Phi) is 2.89. The SMILES string of the molecule is O=C1OC(=O)C(c2ccc3nsnc3c2)=C1c1ccc2c(c1)OCO2. The summed E-state index contributed by atoms with van der Waals surface area (Å²) in [6, 6.07) is 10.3. The maximum Gasteiger partial charge on any atom is 0.347 e. The number of aromatic nitrogens is 2. The van der Waals surface area contributed by atoms with Crippen LogP contribution in [0.15, 0.2) is 36.4 Å². The summed E-state index contributed by atoms with van der Waals surface area (Å²) in [5.74, 6) is -0.246. The van der Waals surface area contributed by atoms with Gasteiger partial charge in [0, 0.05) is 0 Å². The third-order valence-corrected chi connectivity index (χ3v) is 4.60. The quantitative estimate of drug-likeness (QED) is 0.517. The number of esters is 2. The molecule has 3 aromatic rings. The summed E-state index contributed by atoms with van der Waals surface area (Å²) in [5.41, 5.74) is 2.89. The maximum atomic E-state index is 12.3. The van der Waals surface area contributed by atoms with Gasteiger partial charge in [0.15, 0.2) is 11.5 Å². The second-order valence-corrected chi connectivity index (χ2v) is 5.99. The summed E-state index contributed by atoms with van der Waals surface area (Å²) in [6.45, 7) is 0.127. The Hall–Kier alpha value is -3.26. The van der Waals surface area contributed by atoms with E-state index in [1.54, 1.807) is 36.4 Å². The Morgan fingerprint density at radius 2 is 1.48 bits per heavy atom. The molecule has 0 bridgehead atoms. The second kappa shape index (κ2) is 5.12. The van der Waals surface area contributed by atoms with Gasteiger partial charge in [-0.05, 0) is 35.4 Å². The monoisotopic (exact) mass is 352 g/mol. The van der Waals surface area contributed by atoms with E-state index in [2.05, 4.69) is 8.75 Å². The third-order valence-electron chi connectivity index (χ3n) is 4.05. The Bertz CT molecular complexity index is 1100. The first-order valence-corrected chi connectivity index (χ1v) is 8.07. The van der Waals surface area contributed by atoms with Crippen LogP contribution in [0, 0.1) is 0 Å². The molecule has 0 fully saturated rings. The highest BCUT2D eigenvalue weighted by Crippen LogP contribution is 2.39. The molecule has 25 heavy (non-hydrogen) atoms. The van der Waals surface area contributed by atoms with Gasteiger partial charge in [0.25, 0.3) is 0 Å². The summed E-state index contributed by atoms with van der Waals surface area (Å²) in [7, 11) is 0. The van der Waals surface area contributed by atoms with E-state index in [9.17, 15) is 9.59 Å². The Labute approximate surface area is 144 Å². The first-order valence-electron chi connectivity index (χ1n) is 7.34. The molecule has 1 aromatic heterocycles. The molecule has 0 atom stereocenters. The van der Waals surface area contributed by atoms with Crippen LogP contribution >= 0.6 is 11.7 Å². The minimum atomic E-state index is -0.685. The summed E-state index contributed by atoms with van der Waals surface area (Å²) in [4.78, 5) is 24.6. The average molecular weight is 352 g/mol. The molecule has 7 nitrogen and oxygen atoms in total. The smallest absolute Gasteiger partial charge is 0.347 e. The minimum Gasteiger partial charge on any atom is -0.454 e. The molecule has 2 aliphatic rings. The first-order chi connectivity index (χ1) is 12.2. The molecule has 0 amide bonds. The Balaban J connectivity index is 1.72. The number of benzene rings is 2. The van der Waals surface area contributed by atoms with Crippen molar-refractivity contribution < 1.29 is 23.8 Å². The van der Waals surface area contributed by atoms with Gasteiger partial charge < -0.3 is 14.2 Å². The zero-order valence-electron chi connectivity index (χ0n) is 12.5. The molecule has 0 aliphatic carbocycles. The van der Waals surface area contributed by atoms with Crippen molar-refractivity contribution in [3.05, 3.63) is 47.5 Å². The predicted molar refractivity (Wildman–Crippen MR) is 87.9 cm³/mol. The number of rotatable bonds is 2. The molecular formula is C17H8N2O5S. The van der Waals surface area contributed by atoms with Crippen molar-refractivity contribution in [3.8, 4) is 11.5 Å². The Morgan fingerprint density at radius 1 is 0.800 bits per heavy atom. The topological polar surface area (TPSA) is 87.6 Å². The van der Waals surface area contributed by atoms with Crippen LogP contribution in [0.25, 0.3) is 22.2 Å². The first kappa shape index (κ1) is 14.1. The highest BCUT2D eigenvalue weighted by Gasteiger charge is 2.35. The van der Waals surface area contributed by atoms with Crippen LogP contribution in [0.4, 0.5) is 0 Å². The van der Waals surface area contributed by atoms with Gasteiger partial charge in [-0.3, -0.25) is 0 Å². The van der Waals surface area contributed by atoms with Crippen molar-refractivity contribution in [1.82, 2.24) is 8.75 Å². The van der Waals surface area contributed by atoms with E-state index in [0.717, 1.165) is 17.2 Å². The van der Waals surface area contributed by atoms with Crippen LogP contribution in [0.2, 0.25) is 0 Å². The van der Waals surface area contributed by atoms with E-state index < -0.39 is 11.9 Å². The largest absolute Gasteiger partial charge is 0.454 e. The van der Waals surface area contributed by atoms with Gasteiger partial charge in [0.2, 0.25) is 6.79 Å². The lowest BCUT2D eigenvalue weighted by Crippen LogP contribution is -2.02. The van der Waals surface area contributed by atoms with Crippen molar-refractivity contribution in [3.63, 3.8) is 0 Å². The molecule has 0 saturated carbocycles. The fourth-order valence-corrected chi connectivity index (χ4v) is 3.42. The molecule has 8 heteroatoms. The van der Waals surface area contributed by atoms with E-state index in [0.29, 0.717) is 28.1 Å². The van der Waals surface area contributed by atoms with Crippen LogP contribution in [0.5, 0.6) is 11.5 Å². The van der Waals surface area contributed by atoms with Gasteiger partial charge in [0.05, 0.1) is 22.9 Å². The zero-order valence-corrected chi connectivity index (χ0v) is 13.3. The summed E-state index contributed by atoms with van der Waals surface area (Å²) >= 11 is 1.09. The number of carbonyl (C=O) groups excluding carboxylic acids is 2.